The van der Waals surface area contributed by atoms with Crippen molar-refractivity contribution < 1.29 is 4.79 Å². The maximum Gasteiger partial charge on any atom is 0.238 e. The van der Waals surface area contributed by atoms with E-state index >= 15 is 0 Å². The molecule has 0 saturated heterocycles. The van der Waals surface area contributed by atoms with Crippen LogP contribution in [0.25, 0.3) is 0 Å². The summed E-state index contributed by atoms with van der Waals surface area (Å²) in [5, 5.41) is 2.49. The van der Waals surface area contributed by atoms with Gasteiger partial charge in [0.15, 0.2) is 0 Å². The quantitative estimate of drug-likeness (QED) is 0.785. The van der Waals surface area contributed by atoms with E-state index < -0.39 is 5.38 Å². The van der Waals surface area contributed by atoms with E-state index in [-0.39, 0.29) is 11.9 Å². The third kappa shape index (κ3) is 3.86. The van der Waals surface area contributed by atoms with E-state index in [1.54, 1.807) is 0 Å². The smallest absolute Gasteiger partial charge is 0.238 e. The average molecular weight is 240 g/mol. The van der Waals surface area contributed by atoms with Crippen LogP contribution in [0.2, 0.25) is 0 Å². The second kappa shape index (κ2) is 6.54. The Kier molecular flexibility index (Phi) is 5.33. The average Bonchev–Trinajstić information content (AvgIpc) is 2.30. The first-order chi connectivity index (χ1) is 7.65. The standard InChI is InChI=1S/C13H18ClNO/c1-3-7-12(14)13(16)15-10(2)11-8-5-4-6-9-11/h4-6,8-10,12H,3,7H2,1-2H3,(H,15,16)/t10-,12?/m1/s1. The maximum atomic E-state index is 11.7. The number of benzene rings is 1. The van der Waals surface area contributed by atoms with Gasteiger partial charge in [-0.3, -0.25) is 4.79 Å². The molecule has 0 spiro atoms. The van der Waals surface area contributed by atoms with Crippen LogP contribution in [0.1, 0.15) is 38.3 Å². The highest BCUT2D eigenvalue weighted by molar-refractivity contribution is 6.30. The van der Waals surface area contributed by atoms with Crippen LogP contribution >= 0.6 is 11.6 Å². The highest BCUT2D eigenvalue weighted by Gasteiger charge is 2.16. The molecule has 3 heteroatoms. The molecule has 1 rings (SSSR count). The van der Waals surface area contributed by atoms with E-state index in [4.69, 9.17) is 11.6 Å². The summed E-state index contributed by atoms with van der Waals surface area (Å²) in [6, 6.07) is 9.87. The predicted molar refractivity (Wildman–Crippen MR) is 67.5 cm³/mol. The van der Waals surface area contributed by atoms with Crippen molar-refractivity contribution >= 4 is 17.5 Å². The lowest BCUT2D eigenvalue weighted by Gasteiger charge is -2.16. The van der Waals surface area contributed by atoms with Crippen LogP contribution in [0.4, 0.5) is 0 Å². The van der Waals surface area contributed by atoms with Crippen molar-refractivity contribution in [3.05, 3.63) is 35.9 Å². The van der Waals surface area contributed by atoms with E-state index in [0.717, 1.165) is 18.4 Å². The fourth-order valence-electron chi connectivity index (χ4n) is 1.51. The first kappa shape index (κ1) is 13.0. The predicted octanol–water partition coefficient (Wildman–Crippen LogP) is 3.27. The molecule has 0 bridgehead atoms. The first-order valence-corrected chi connectivity index (χ1v) is 6.08. The Bertz CT molecular complexity index is 326. The van der Waals surface area contributed by atoms with Gasteiger partial charge in [0.1, 0.15) is 5.38 Å². The second-order valence-corrected chi connectivity index (χ2v) is 4.42. The summed E-state index contributed by atoms with van der Waals surface area (Å²) in [7, 11) is 0. The van der Waals surface area contributed by atoms with E-state index in [0.29, 0.717) is 0 Å². The summed E-state index contributed by atoms with van der Waals surface area (Å²) < 4.78 is 0. The van der Waals surface area contributed by atoms with E-state index in [1.165, 1.54) is 0 Å². The van der Waals surface area contributed by atoms with Gasteiger partial charge in [-0.05, 0) is 18.9 Å². The molecule has 1 aromatic rings. The molecule has 1 N–H and O–H groups in total. The van der Waals surface area contributed by atoms with Crippen molar-refractivity contribution in [1.82, 2.24) is 5.32 Å². The van der Waals surface area contributed by atoms with Gasteiger partial charge < -0.3 is 5.32 Å². The Morgan fingerprint density at radius 2 is 2.00 bits per heavy atom. The number of carbonyl (C=O) groups is 1. The number of alkyl halides is 1. The molecule has 1 aromatic carbocycles. The third-order valence-electron chi connectivity index (χ3n) is 2.48. The molecule has 0 heterocycles. The van der Waals surface area contributed by atoms with Crippen LogP contribution in [0.5, 0.6) is 0 Å². The van der Waals surface area contributed by atoms with Crippen molar-refractivity contribution in [3.8, 4) is 0 Å². The summed E-state index contributed by atoms with van der Waals surface area (Å²) in [4.78, 5) is 11.7. The van der Waals surface area contributed by atoms with Gasteiger partial charge in [0.2, 0.25) is 5.91 Å². The molecule has 0 fully saturated rings. The fourth-order valence-corrected chi connectivity index (χ4v) is 1.79. The number of amides is 1. The summed E-state index contributed by atoms with van der Waals surface area (Å²) in [6.07, 6.45) is 1.64. The zero-order valence-electron chi connectivity index (χ0n) is 9.74. The number of carbonyl (C=O) groups excluding carboxylic acids is 1. The van der Waals surface area contributed by atoms with Gasteiger partial charge in [-0.1, -0.05) is 43.7 Å². The minimum Gasteiger partial charge on any atom is -0.348 e. The van der Waals surface area contributed by atoms with Gasteiger partial charge in [0, 0.05) is 0 Å². The SMILES string of the molecule is CCCC(Cl)C(=O)N[C@H](C)c1ccccc1. The second-order valence-electron chi connectivity index (χ2n) is 3.90. The molecule has 1 amide bonds. The number of hydrogen-bond acceptors (Lipinski definition) is 1. The van der Waals surface area contributed by atoms with E-state index in [9.17, 15) is 4.79 Å². The molecule has 88 valence electrons. The van der Waals surface area contributed by atoms with Crippen molar-refractivity contribution in [2.24, 2.45) is 0 Å². The molecule has 16 heavy (non-hydrogen) atoms. The fraction of sp³-hybridized carbons (Fsp3) is 0.462. The Balaban J connectivity index is 2.51. The molecule has 0 aliphatic rings. The number of hydrogen-bond donors (Lipinski definition) is 1. The van der Waals surface area contributed by atoms with Crippen LogP contribution in [0.15, 0.2) is 30.3 Å². The Morgan fingerprint density at radius 1 is 1.38 bits per heavy atom. The highest BCUT2D eigenvalue weighted by atomic mass is 35.5. The van der Waals surface area contributed by atoms with Gasteiger partial charge in [-0.2, -0.15) is 0 Å². The summed E-state index contributed by atoms with van der Waals surface area (Å²) in [6.45, 7) is 3.98. The molecular formula is C13H18ClNO. The molecular weight excluding hydrogens is 222 g/mol. The Hall–Kier alpha value is -1.02. The third-order valence-corrected chi connectivity index (χ3v) is 2.90. The molecule has 2 atom stereocenters. The molecule has 0 aliphatic heterocycles. The highest BCUT2D eigenvalue weighted by Crippen LogP contribution is 2.13. The van der Waals surface area contributed by atoms with Crippen LogP contribution in [0.3, 0.4) is 0 Å². The number of rotatable bonds is 5. The van der Waals surface area contributed by atoms with Crippen LogP contribution in [0, 0.1) is 0 Å². The monoisotopic (exact) mass is 239 g/mol. The molecule has 2 nitrogen and oxygen atoms in total. The Labute approximate surface area is 102 Å². The van der Waals surface area contributed by atoms with E-state index in [1.807, 2.05) is 44.2 Å². The number of halogens is 1. The first-order valence-electron chi connectivity index (χ1n) is 5.64. The van der Waals surface area contributed by atoms with Gasteiger partial charge in [-0.15, -0.1) is 11.6 Å². The van der Waals surface area contributed by atoms with Gasteiger partial charge in [-0.25, -0.2) is 0 Å². The normalized spacial score (nSPS) is 14.2. The minimum atomic E-state index is -0.420. The van der Waals surface area contributed by atoms with E-state index in [2.05, 4.69) is 5.32 Å². The summed E-state index contributed by atoms with van der Waals surface area (Å²) in [5.41, 5.74) is 1.09. The molecule has 0 aromatic heterocycles. The zero-order chi connectivity index (χ0) is 12.0. The zero-order valence-corrected chi connectivity index (χ0v) is 10.5. The van der Waals surface area contributed by atoms with Gasteiger partial charge in [0.25, 0.3) is 0 Å². The largest absolute Gasteiger partial charge is 0.348 e. The minimum absolute atomic E-state index is 0.00630. The van der Waals surface area contributed by atoms with Gasteiger partial charge >= 0.3 is 0 Å². The van der Waals surface area contributed by atoms with Crippen LogP contribution in [-0.2, 0) is 4.79 Å². The van der Waals surface area contributed by atoms with Crippen LogP contribution in [-0.4, -0.2) is 11.3 Å². The van der Waals surface area contributed by atoms with Crippen molar-refractivity contribution in [1.29, 1.82) is 0 Å². The van der Waals surface area contributed by atoms with Crippen LogP contribution < -0.4 is 5.32 Å². The van der Waals surface area contributed by atoms with Crippen molar-refractivity contribution in [3.63, 3.8) is 0 Å². The maximum absolute atomic E-state index is 11.7. The summed E-state index contributed by atoms with van der Waals surface area (Å²) >= 11 is 5.95. The van der Waals surface area contributed by atoms with Crippen molar-refractivity contribution in [2.45, 2.75) is 38.1 Å². The Morgan fingerprint density at radius 3 is 2.56 bits per heavy atom. The lowest BCUT2D eigenvalue weighted by molar-refractivity contribution is -0.121. The number of nitrogens with one attached hydrogen (secondary N) is 1. The van der Waals surface area contributed by atoms with Gasteiger partial charge in [0.05, 0.1) is 6.04 Å². The lowest BCUT2D eigenvalue weighted by Crippen LogP contribution is -2.33. The topological polar surface area (TPSA) is 29.1 Å². The molecule has 1 unspecified atom stereocenters. The molecule has 0 radical (unpaired) electrons. The molecule has 0 saturated carbocycles. The summed E-state index contributed by atoms with van der Waals surface area (Å²) in [5.74, 6) is -0.0835. The van der Waals surface area contributed by atoms with Crippen molar-refractivity contribution in [2.75, 3.05) is 0 Å². The molecule has 0 aliphatic carbocycles. The lowest BCUT2D eigenvalue weighted by atomic mass is 10.1.